The lowest BCUT2D eigenvalue weighted by molar-refractivity contribution is -0.133. The third kappa shape index (κ3) is 5.11. The molecule has 2 amide bonds. The number of phenolic OH excluding ortho intramolecular Hbond substituents is 1. The summed E-state index contributed by atoms with van der Waals surface area (Å²) in [4.78, 5) is 29.4. The second-order valence-corrected chi connectivity index (χ2v) is 10.3. The minimum atomic E-state index is -0.199. The predicted molar refractivity (Wildman–Crippen MR) is 136 cm³/mol. The Morgan fingerprint density at radius 1 is 1.28 bits per heavy atom. The van der Waals surface area contributed by atoms with E-state index in [4.69, 9.17) is 4.74 Å². The Morgan fingerprint density at radius 3 is 2.92 bits per heavy atom. The molecule has 0 spiro atoms. The van der Waals surface area contributed by atoms with Gasteiger partial charge in [-0.2, -0.15) is 5.10 Å². The molecule has 1 aromatic carbocycles. The lowest BCUT2D eigenvalue weighted by atomic mass is 9.91. The molecule has 3 heterocycles. The molecule has 2 atom stereocenters. The van der Waals surface area contributed by atoms with Gasteiger partial charge in [0.15, 0.2) is 0 Å². The lowest BCUT2D eigenvalue weighted by Crippen LogP contribution is -2.34. The number of nitrogens with one attached hydrogen (secondary N) is 2. The predicted octanol–water partition coefficient (Wildman–Crippen LogP) is 2.94. The van der Waals surface area contributed by atoms with Crippen molar-refractivity contribution in [2.24, 2.45) is 11.8 Å². The van der Waals surface area contributed by atoms with E-state index < -0.39 is 0 Å². The van der Waals surface area contributed by atoms with Crippen LogP contribution in [0.3, 0.4) is 0 Å². The molecule has 2 aliphatic heterocycles. The molecule has 192 valence electrons. The van der Waals surface area contributed by atoms with Crippen LogP contribution in [0.4, 0.5) is 0 Å². The number of likely N-dealkylation sites (tertiary alicyclic amines) is 2. The van der Waals surface area contributed by atoms with Crippen LogP contribution in [0.25, 0.3) is 10.9 Å². The zero-order chi connectivity index (χ0) is 25.2. The summed E-state index contributed by atoms with van der Waals surface area (Å²) in [6, 6.07) is 3.66. The van der Waals surface area contributed by atoms with E-state index in [1.54, 1.807) is 11.0 Å². The summed E-state index contributed by atoms with van der Waals surface area (Å²) in [6.07, 6.45) is 8.71. The molecule has 9 heteroatoms. The largest absolute Gasteiger partial charge is 0.507 e. The summed E-state index contributed by atoms with van der Waals surface area (Å²) < 4.78 is 5.89. The molecule has 1 aliphatic carbocycles. The zero-order valence-corrected chi connectivity index (χ0v) is 21.0. The van der Waals surface area contributed by atoms with Crippen LogP contribution in [0.2, 0.25) is 0 Å². The molecule has 1 aromatic heterocycles. The smallest absolute Gasteiger partial charge is 0.257 e. The number of fused-ring (bicyclic) bond motifs is 2. The standard InChI is InChI=1S/C27H35N5O4/c1-17(2)28-8-10-36-20-7-6-18-14-32(15-19(18)11-20)27(35)22-12-21-23(13-25(22)33)29-30-24(21)16-31-9-4-3-5-26(31)34/h6-7,11-13,17-19,28,33H,3-5,8-10,14-16H2,1-2H3,(H,29,30). The maximum absolute atomic E-state index is 13.5. The number of amides is 2. The molecule has 5 rings (SSSR count). The van der Waals surface area contributed by atoms with Gasteiger partial charge in [0.2, 0.25) is 5.91 Å². The molecule has 3 N–H and O–H groups in total. The molecule has 0 saturated carbocycles. The normalized spacial score (nSPS) is 21.9. The molecule has 2 saturated heterocycles. The number of piperidine rings is 1. The molecule has 2 unspecified atom stereocenters. The SMILES string of the molecule is CC(C)NCCOC1=CC2CN(C(=O)c3cc4c(CN5CCCCC5=O)[nH]nc4cc3O)CC2C=C1. The number of phenols is 1. The first-order chi connectivity index (χ1) is 17.4. The fourth-order valence-electron chi connectivity index (χ4n) is 5.28. The zero-order valence-electron chi connectivity index (χ0n) is 21.0. The van der Waals surface area contributed by atoms with Crippen molar-refractivity contribution < 1.29 is 19.4 Å². The van der Waals surface area contributed by atoms with Gasteiger partial charge in [0.05, 0.1) is 23.3 Å². The van der Waals surface area contributed by atoms with Crippen LogP contribution in [-0.4, -0.2) is 75.7 Å². The second kappa shape index (κ2) is 10.3. The average molecular weight is 494 g/mol. The van der Waals surface area contributed by atoms with Crippen molar-refractivity contribution in [1.82, 2.24) is 25.3 Å². The first-order valence-electron chi connectivity index (χ1n) is 12.9. The number of nitrogens with zero attached hydrogens (tertiary/aromatic N) is 3. The summed E-state index contributed by atoms with van der Waals surface area (Å²) in [6.45, 7) is 7.90. The van der Waals surface area contributed by atoms with E-state index in [-0.39, 0.29) is 35.0 Å². The molecule has 3 aliphatic rings. The monoisotopic (exact) mass is 493 g/mol. The molecule has 2 fully saturated rings. The first kappa shape index (κ1) is 24.4. The van der Waals surface area contributed by atoms with Gasteiger partial charge >= 0.3 is 0 Å². The third-order valence-electron chi connectivity index (χ3n) is 7.26. The molecule has 2 aromatic rings. The van der Waals surface area contributed by atoms with E-state index in [0.717, 1.165) is 42.8 Å². The summed E-state index contributed by atoms with van der Waals surface area (Å²) in [5, 5.41) is 22.0. The number of H-pyrrole nitrogens is 1. The van der Waals surface area contributed by atoms with Gasteiger partial charge in [0.25, 0.3) is 5.91 Å². The number of allylic oxidation sites excluding steroid dienone is 1. The van der Waals surface area contributed by atoms with E-state index in [0.29, 0.717) is 44.2 Å². The van der Waals surface area contributed by atoms with Crippen LogP contribution in [-0.2, 0) is 16.1 Å². The van der Waals surface area contributed by atoms with Gasteiger partial charge in [-0.1, -0.05) is 19.9 Å². The third-order valence-corrected chi connectivity index (χ3v) is 7.26. The van der Waals surface area contributed by atoms with Crippen LogP contribution in [0.5, 0.6) is 5.75 Å². The quantitative estimate of drug-likeness (QED) is 0.488. The number of aromatic nitrogens is 2. The van der Waals surface area contributed by atoms with Crippen molar-refractivity contribution in [1.29, 1.82) is 0 Å². The summed E-state index contributed by atoms with van der Waals surface area (Å²) in [5.74, 6) is 1.12. The van der Waals surface area contributed by atoms with Gasteiger partial charge < -0.3 is 25.0 Å². The molecular formula is C27H35N5O4. The maximum Gasteiger partial charge on any atom is 0.257 e. The highest BCUT2D eigenvalue weighted by Gasteiger charge is 2.36. The number of aromatic amines is 1. The molecule has 0 radical (unpaired) electrons. The van der Waals surface area contributed by atoms with Crippen molar-refractivity contribution in [3.05, 3.63) is 47.4 Å². The summed E-state index contributed by atoms with van der Waals surface area (Å²) in [7, 11) is 0. The van der Waals surface area contributed by atoms with Crippen LogP contribution >= 0.6 is 0 Å². The fraction of sp³-hybridized carbons (Fsp3) is 0.519. The van der Waals surface area contributed by atoms with Gasteiger partial charge in [0.1, 0.15) is 18.1 Å². The van der Waals surface area contributed by atoms with Gasteiger partial charge in [-0.3, -0.25) is 14.7 Å². The number of rotatable bonds is 8. The Hall–Kier alpha value is -3.33. The van der Waals surface area contributed by atoms with Crippen molar-refractivity contribution in [3.8, 4) is 5.75 Å². The minimum absolute atomic E-state index is 0.0813. The van der Waals surface area contributed by atoms with Crippen molar-refractivity contribution in [3.63, 3.8) is 0 Å². The number of aromatic hydroxyl groups is 1. The number of carbonyl (C=O) groups excluding carboxylic acids is 2. The number of hydrogen-bond donors (Lipinski definition) is 3. The molecule has 36 heavy (non-hydrogen) atoms. The Labute approximate surface area is 211 Å². The Balaban J connectivity index is 1.28. The highest BCUT2D eigenvalue weighted by Crippen LogP contribution is 2.34. The summed E-state index contributed by atoms with van der Waals surface area (Å²) in [5.41, 5.74) is 1.63. The number of benzene rings is 1. The number of carbonyl (C=O) groups is 2. The Morgan fingerprint density at radius 2 is 2.11 bits per heavy atom. The van der Waals surface area contributed by atoms with Crippen LogP contribution in [0.15, 0.2) is 36.1 Å². The highest BCUT2D eigenvalue weighted by atomic mass is 16.5. The van der Waals surface area contributed by atoms with Crippen molar-refractivity contribution >= 4 is 22.7 Å². The summed E-state index contributed by atoms with van der Waals surface area (Å²) >= 11 is 0. The van der Waals surface area contributed by atoms with Crippen LogP contribution in [0, 0.1) is 11.8 Å². The molecular weight excluding hydrogens is 458 g/mol. The topological polar surface area (TPSA) is 111 Å². The minimum Gasteiger partial charge on any atom is -0.507 e. The lowest BCUT2D eigenvalue weighted by Gasteiger charge is -2.26. The van der Waals surface area contributed by atoms with Crippen molar-refractivity contribution in [2.75, 3.05) is 32.8 Å². The van der Waals surface area contributed by atoms with Crippen LogP contribution in [0.1, 0.15) is 49.2 Å². The van der Waals surface area contributed by atoms with Crippen LogP contribution < -0.4 is 5.32 Å². The van der Waals surface area contributed by atoms with Gasteiger partial charge in [-0.25, -0.2) is 0 Å². The molecule has 0 bridgehead atoms. The number of ether oxygens (including phenoxy) is 1. The van der Waals surface area contributed by atoms with Gasteiger partial charge in [-0.05, 0) is 31.1 Å². The highest BCUT2D eigenvalue weighted by molar-refractivity contribution is 6.01. The number of hydrogen-bond acceptors (Lipinski definition) is 6. The van der Waals surface area contributed by atoms with Gasteiger partial charge in [0, 0.05) is 61.9 Å². The van der Waals surface area contributed by atoms with Crippen molar-refractivity contribution in [2.45, 2.75) is 45.7 Å². The molecule has 9 nitrogen and oxygen atoms in total. The van der Waals surface area contributed by atoms with Gasteiger partial charge in [-0.15, -0.1) is 0 Å². The fourth-order valence-corrected chi connectivity index (χ4v) is 5.28. The first-order valence-corrected chi connectivity index (χ1v) is 12.9. The second-order valence-electron chi connectivity index (χ2n) is 10.3. The van der Waals surface area contributed by atoms with E-state index in [9.17, 15) is 14.7 Å². The Kier molecular flexibility index (Phi) is 7.00. The van der Waals surface area contributed by atoms with E-state index >= 15 is 0 Å². The van der Waals surface area contributed by atoms with E-state index in [1.807, 2.05) is 11.0 Å². The average Bonchev–Trinajstić information content (AvgIpc) is 3.45. The maximum atomic E-state index is 13.5. The van der Waals surface area contributed by atoms with E-state index in [2.05, 4.69) is 41.5 Å². The Bertz CT molecular complexity index is 1200. The van der Waals surface area contributed by atoms with E-state index in [1.165, 1.54) is 6.07 Å².